The van der Waals surface area contributed by atoms with E-state index in [0.29, 0.717) is 23.6 Å². The van der Waals surface area contributed by atoms with Gasteiger partial charge in [0.2, 0.25) is 0 Å². The minimum Gasteiger partial charge on any atom is -0.489 e. The number of carbonyl (C=O) groups is 2. The molecular weight excluding hydrogens is 368 g/mol. The second-order valence-electron chi connectivity index (χ2n) is 7.32. The predicted octanol–water partition coefficient (Wildman–Crippen LogP) is 3.94. The summed E-state index contributed by atoms with van der Waals surface area (Å²) in [7, 11) is 1.36. The largest absolute Gasteiger partial charge is 0.489 e. The Kier molecular flexibility index (Phi) is 5.25. The van der Waals surface area contributed by atoms with Gasteiger partial charge in [0.25, 0.3) is 0 Å². The van der Waals surface area contributed by atoms with Crippen molar-refractivity contribution in [3.8, 4) is 5.75 Å². The van der Waals surface area contributed by atoms with Crippen LogP contribution in [0.3, 0.4) is 0 Å². The van der Waals surface area contributed by atoms with E-state index in [0.717, 1.165) is 24.0 Å². The van der Waals surface area contributed by atoms with Crippen LogP contribution in [0.5, 0.6) is 5.75 Å². The van der Waals surface area contributed by atoms with Gasteiger partial charge in [0.1, 0.15) is 12.4 Å². The summed E-state index contributed by atoms with van der Waals surface area (Å²) in [5.41, 5.74) is 2.96. The Morgan fingerprint density at radius 2 is 1.90 bits per heavy atom. The molecule has 4 rings (SSSR count). The first-order valence-corrected chi connectivity index (χ1v) is 9.74. The van der Waals surface area contributed by atoms with E-state index in [1.165, 1.54) is 7.11 Å². The number of benzene rings is 2. The van der Waals surface area contributed by atoms with Crippen LogP contribution in [0, 0.1) is 0 Å². The number of ether oxygens (including phenoxy) is 2. The van der Waals surface area contributed by atoms with Crippen LogP contribution < -0.4 is 10.1 Å². The quantitative estimate of drug-likeness (QED) is 0.756. The van der Waals surface area contributed by atoms with E-state index in [-0.39, 0.29) is 12.1 Å². The summed E-state index contributed by atoms with van der Waals surface area (Å²) >= 11 is 0. The SMILES string of the molecule is COC(=O)C1=C(C)N(C2CC2)C(=O)NC1c1cccc(OCc2ccccc2)c1. The maximum Gasteiger partial charge on any atom is 0.337 e. The summed E-state index contributed by atoms with van der Waals surface area (Å²) < 4.78 is 10.9. The van der Waals surface area contributed by atoms with Gasteiger partial charge < -0.3 is 14.8 Å². The van der Waals surface area contributed by atoms with E-state index in [4.69, 9.17) is 9.47 Å². The maximum absolute atomic E-state index is 12.7. The number of urea groups is 1. The van der Waals surface area contributed by atoms with Crippen molar-refractivity contribution in [2.45, 2.75) is 38.5 Å². The second kappa shape index (κ2) is 7.99. The molecule has 6 nitrogen and oxygen atoms in total. The molecule has 1 aliphatic heterocycles. The van der Waals surface area contributed by atoms with Crippen molar-refractivity contribution in [3.05, 3.63) is 77.0 Å². The lowest BCUT2D eigenvalue weighted by molar-refractivity contribution is -0.136. The Labute approximate surface area is 170 Å². The summed E-state index contributed by atoms with van der Waals surface area (Å²) in [4.78, 5) is 27.0. The summed E-state index contributed by atoms with van der Waals surface area (Å²) in [6, 6.07) is 16.8. The van der Waals surface area contributed by atoms with Crippen molar-refractivity contribution in [3.63, 3.8) is 0 Å². The number of nitrogens with zero attached hydrogens (tertiary/aromatic N) is 1. The fourth-order valence-electron chi connectivity index (χ4n) is 3.68. The van der Waals surface area contributed by atoms with Crippen LogP contribution in [0.1, 0.15) is 36.9 Å². The van der Waals surface area contributed by atoms with Crippen molar-refractivity contribution in [2.24, 2.45) is 0 Å². The van der Waals surface area contributed by atoms with Crippen molar-refractivity contribution < 1.29 is 19.1 Å². The summed E-state index contributed by atoms with van der Waals surface area (Å²) in [5.74, 6) is 0.237. The van der Waals surface area contributed by atoms with Crippen LogP contribution in [-0.4, -0.2) is 30.1 Å². The Morgan fingerprint density at radius 1 is 1.14 bits per heavy atom. The minimum atomic E-state index is -0.578. The van der Waals surface area contributed by atoms with Gasteiger partial charge in [-0.05, 0) is 43.0 Å². The van der Waals surface area contributed by atoms with Crippen molar-refractivity contribution >= 4 is 12.0 Å². The normalized spacial score (nSPS) is 19.0. The molecule has 1 atom stereocenters. The molecule has 1 heterocycles. The van der Waals surface area contributed by atoms with Crippen LogP contribution >= 0.6 is 0 Å². The molecule has 29 heavy (non-hydrogen) atoms. The minimum absolute atomic E-state index is 0.163. The van der Waals surface area contributed by atoms with Crippen molar-refractivity contribution in [1.82, 2.24) is 10.2 Å². The highest BCUT2D eigenvalue weighted by atomic mass is 16.5. The summed E-state index contributed by atoms with van der Waals surface area (Å²) in [6.07, 6.45) is 1.90. The van der Waals surface area contributed by atoms with Gasteiger partial charge in [0, 0.05) is 11.7 Å². The highest BCUT2D eigenvalue weighted by Gasteiger charge is 2.42. The average Bonchev–Trinajstić information content (AvgIpc) is 3.57. The molecule has 150 valence electrons. The van der Waals surface area contributed by atoms with Gasteiger partial charge in [0.05, 0.1) is 18.7 Å². The number of hydrogen-bond donors (Lipinski definition) is 1. The number of methoxy groups -OCH3 is 1. The van der Waals surface area contributed by atoms with Crippen LogP contribution in [0.15, 0.2) is 65.9 Å². The maximum atomic E-state index is 12.7. The molecule has 1 fully saturated rings. The third kappa shape index (κ3) is 3.97. The third-order valence-electron chi connectivity index (χ3n) is 5.28. The highest BCUT2D eigenvalue weighted by molar-refractivity contribution is 5.95. The lowest BCUT2D eigenvalue weighted by Gasteiger charge is -2.35. The van der Waals surface area contributed by atoms with E-state index in [1.807, 2.05) is 61.5 Å². The first-order chi connectivity index (χ1) is 14.1. The van der Waals surface area contributed by atoms with E-state index in [9.17, 15) is 9.59 Å². The van der Waals surface area contributed by atoms with Gasteiger partial charge in [-0.3, -0.25) is 4.90 Å². The molecule has 0 spiro atoms. The van der Waals surface area contributed by atoms with Gasteiger partial charge in [-0.1, -0.05) is 42.5 Å². The smallest absolute Gasteiger partial charge is 0.337 e. The fraction of sp³-hybridized carbons (Fsp3) is 0.304. The van der Waals surface area contributed by atoms with Crippen LogP contribution in [0.25, 0.3) is 0 Å². The number of allylic oxidation sites excluding steroid dienone is 1. The van der Waals surface area contributed by atoms with Gasteiger partial charge in [0.15, 0.2) is 0 Å². The molecule has 1 saturated carbocycles. The van der Waals surface area contributed by atoms with E-state index in [1.54, 1.807) is 4.90 Å². The van der Waals surface area contributed by atoms with Crippen LogP contribution in [0.2, 0.25) is 0 Å². The van der Waals surface area contributed by atoms with E-state index in [2.05, 4.69) is 5.32 Å². The average molecular weight is 392 g/mol. The van der Waals surface area contributed by atoms with Crippen LogP contribution in [0.4, 0.5) is 4.79 Å². The van der Waals surface area contributed by atoms with Crippen molar-refractivity contribution in [2.75, 3.05) is 7.11 Å². The highest BCUT2D eigenvalue weighted by Crippen LogP contribution is 2.38. The number of nitrogens with one attached hydrogen (secondary N) is 1. The molecule has 6 heteroatoms. The van der Waals surface area contributed by atoms with Crippen LogP contribution in [-0.2, 0) is 16.1 Å². The van der Waals surface area contributed by atoms with E-state index >= 15 is 0 Å². The van der Waals surface area contributed by atoms with E-state index < -0.39 is 12.0 Å². The molecule has 0 radical (unpaired) electrons. The molecule has 2 amide bonds. The number of esters is 1. The molecule has 0 saturated heterocycles. The molecule has 2 aromatic rings. The number of amides is 2. The lowest BCUT2D eigenvalue weighted by Crippen LogP contribution is -2.48. The van der Waals surface area contributed by atoms with Gasteiger partial charge >= 0.3 is 12.0 Å². The monoisotopic (exact) mass is 392 g/mol. The summed E-state index contributed by atoms with van der Waals surface area (Å²) in [5, 5.41) is 2.97. The molecule has 0 aromatic heterocycles. The zero-order valence-electron chi connectivity index (χ0n) is 16.6. The molecule has 2 aliphatic rings. The topological polar surface area (TPSA) is 67.9 Å². The standard InChI is InChI=1S/C23H24N2O4/c1-15-20(22(26)28-2)21(24-23(27)25(15)18-11-12-18)17-9-6-10-19(13-17)29-14-16-7-4-3-5-8-16/h3-10,13,18,21H,11-12,14H2,1-2H3,(H,24,27). The Morgan fingerprint density at radius 3 is 2.59 bits per heavy atom. The summed E-state index contributed by atoms with van der Waals surface area (Å²) in [6.45, 7) is 2.25. The molecule has 1 unspecified atom stereocenters. The molecule has 1 N–H and O–H groups in total. The molecule has 0 bridgehead atoms. The molecule has 1 aliphatic carbocycles. The van der Waals surface area contributed by atoms with Gasteiger partial charge in [-0.15, -0.1) is 0 Å². The fourth-order valence-corrected chi connectivity index (χ4v) is 3.68. The number of carbonyl (C=O) groups excluding carboxylic acids is 2. The zero-order valence-corrected chi connectivity index (χ0v) is 16.6. The Bertz CT molecular complexity index is 950. The second-order valence-corrected chi connectivity index (χ2v) is 7.32. The molecular formula is C23H24N2O4. The zero-order chi connectivity index (χ0) is 20.4. The van der Waals surface area contributed by atoms with Gasteiger partial charge in [-0.2, -0.15) is 0 Å². The predicted molar refractivity (Wildman–Crippen MR) is 108 cm³/mol. The Hall–Kier alpha value is -3.28. The van der Waals surface area contributed by atoms with Crippen molar-refractivity contribution in [1.29, 1.82) is 0 Å². The first-order valence-electron chi connectivity index (χ1n) is 9.74. The third-order valence-corrected chi connectivity index (χ3v) is 5.28. The van der Waals surface area contributed by atoms with Gasteiger partial charge in [-0.25, -0.2) is 9.59 Å². The molecule has 2 aromatic carbocycles. The first kappa shape index (κ1) is 19.1. The Balaban J connectivity index is 1.62. The number of rotatable bonds is 6. The lowest BCUT2D eigenvalue weighted by atomic mass is 9.94. The number of hydrogen-bond acceptors (Lipinski definition) is 4.